The lowest BCUT2D eigenvalue weighted by Crippen LogP contribution is -2.42. The molecular formula is C15H22N2O4. The predicted octanol–water partition coefficient (Wildman–Crippen LogP) is 1.90. The molecule has 0 saturated heterocycles. The van der Waals surface area contributed by atoms with Gasteiger partial charge in [0.1, 0.15) is 0 Å². The molecule has 0 aliphatic heterocycles. The van der Waals surface area contributed by atoms with Gasteiger partial charge in [-0.3, -0.25) is 20.4 Å². The summed E-state index contributed by atoms with van der Waals surface area (Å²) in [6.07, 6.45) is 0.354. The summed E-state index contributed by atoms with van der Waals surface area (Å²) < 4.78 is 10.6. The number of methoxy groups -OCH3 is 1. The molecule has 0 saturated carbocycles. The van der Waals surface area contributed by atoms with E-state index >= 15 is 0 Å². The zero-order valence-corrected chi connectivity index (χ0v) is 12.9. The summed E-state index contributed by atoms with van der Waals surface area (Å²) in [5.74, 6) is 0.635. The highest BCUT2D eigenvalue weighted by atomic mass is 16.5. The molecule has 0 atom stereocenters. The van der Waals surface area contributed by atoms with E-state index in [2.05, 4.69) is 10.9 Å². The van der Waals surface area contributed by atoms with Crippen molar-refractivity contribution in [2.24, 2.45) is 5.92 Å². The summed E-state index contributed by atoms with van der Waals surface area (Å²) in [5.41, 5.74) is 5.13. The monoisotopic (exact) mass is 294 g/mol. The Morgan fingerprint density at radius 3 is 2.48 bits per heavy atom. The van der Waals surface area contributed by atoms with Gasteiger partial charge in [-0.15, -0.1) is 0 Å². The smallest absolute Gasteiger partial charge is 0.269 e. The van der Waals surface area contributed by atoms with Gasteiger partial charge in [0.25, 0.3) is 5.91 Å². The number of carbonyl (C=O) groups is 2. The molecule has 6 nitrogen and oxygen atoms in total. The Balaban J connectivity index is 2.68. The number of amides is 2. The van der Waals surface area contributed by atoms with E-state index in [0.29, 0.717) is 30.1 Å². The first kappa shape index (κ1) is 16.8. The topological polar surface area (TPSA) is 76.7 Å². The Kier molecular flexibility index (Phi) is 6.52. The van der Waals surface area contributed by atoms with Crippen LogP contribution in [0.25, 0.3) is 0 Å². The Hall–Kier alpha value is -2.24. The fraction of sp³-hybridized carbons (Fsp3) is 0.467. The fourth-order valence-electron chi connectivity index (χ4n) is 1.70. The second-order valence-electron chi connectivity index (χ2n) is 4.90. The highest BCUT2D eigenvalue weighted by Gasteiger charge is 2.12. The van der Waals surface area contributed by atoms with Crippen molar-refractivity contribution in [2.75, 3.05) is 13.7 Å². The zero-order chi connectivity index (χ0) is 15.8. The number of nitrogens with one attached hydrogen (secondary N) is 2. The molecule has 0 aliphatic carbocycles. The number of ether oxygens (including phenoxy) is 2. The molecule has 116 valence electrons. The van der Waals surface area contributed by atoms with Crippen LogP contribution in [-0.2, 0) is 4.79 Å². The number of benzene rings is 1. The average Bonchev–Trinajstić information content (AvgIpc) is 2.44. The highest BCUT2D eigenvalue weighted by Crippen LogP contribution is 2.27. The van der Waals surface area contributed by atoms with Crippen LogP contribution in [0.1, 0.15) is 37.6 Å². The van der Waals surface area contributed by atoms with E-state index in [0.717, 1.165) is 0 Å². The number of hydrogen-bond acceptors (Lipinski definition) is 4. The van der Waals surface area contributed by atoms with Gasteiger partial charge < -0.3 is 9.47 Å². The van der Waals surface area contributed by atoms with Crippen LogP contribution >= 0.6 is 0 Å². The van der Waals surface area contributed by atoms with Crippen molar-refractivity contribution in [1.29, 1.82) is 0 Å². The fourth-order valence-corrected chi connectivity index (χ4v) is 1.70. The molecule has 0 unspecified atom stereocenters. The van der Waals surface area contributed by atoms with E-state index < -0.39 is 5.91 Å². The minimum atomic E-state index is -0.409. The third-order valence-corrected chi connectivity index (χ3v) is 2.63. The van der Waals surface area contributed by atoms with Crippen LogP contribution in [0.5, 0.6) is 11.5 Å². The maximum atomic E-state index is 12.0. The molecule has 0 bridgehead atoms. The van der Waals surface area contributed by atoms with E-state index in [4.69, 9.17) is 9.47 Å². The zero-order valence-electron chi connectivity index (χ0n) is 12.9. The maximum Gasteiger partial charge on any atom is 0.269 e. The first-order chi connectivity index (χ1) is 9.97. The van der Waals surface area contributed by atoms with Gasteiger partial charge in [0.05, 0.1) is 13.7 Å². The molecule has 2 amide bonds. The SMILES string of the molecule is CCOc1ccc(C(=O)NNC(=O)CC(C)C)cc1OC. The highest BCUT2D eigenvalue weighted by molar-refractivity contribution is 5.96. The van der Waals surface area contributed by atoms with E-state index in [-0.39, 0.29) is 11.8 Å². The largest absolute Gasteiger partial charge is 0.493 e. The van der Waals surface area contributed by atoms with Crippen LogP contribution in [0.4, 0.5) is 0 Å². The lowest BCUT2D eigenvalue weighted by atomic mass is 10.1. The average molecular weight is 294 g/mol. The molecule has 2 N–H and O–H groups in total. The normalized spacial score (nSPS) is 10.1. The van der Waals surface area contributed by atoms with E-state index in [1.807, 2.05) is 20.8 Å². The van der Waals surface area contributed by atoms with Crippen molar-refractivity contribution in [3.05, 3.63) is 23.8 Å². The first-order valence-electron chi connectivity index (χ1n) is 6.88. The van der Waals surface area contributed by atoms with Crippen molar-refractivity contribution in [1.82, 2.24) is 10.9 Å². The molecule has 1 aromatic rings. The molecule has 1 aromatic carbocycles. The second-order valence-corrected chi connectivity index (χ2v) is 4.90. The van der Waals surface area contributed by atoms with Crippen LogP contribution in [0.15, 0.2) is 18.2 Å². The van der Waals surface area contributed by atoms with Gasteiger partial charge in [-0.2, -0.15) is 0 Å². The molecule has 0 aliphatic rings. The van der Waals surface area contributed by atoms with Gasteiger partial charge in [-0.25, -0.2) is 0 Å². The van der Waals surface area contributed by atoms with Crippen LogP contribution < -0.4 is 20.3 Å². The minimum Gasteiger partial charge on any atom is -0.493 e. The van der Waals surface area contributed by atoms with E-state index in [1.165, 1.54) is 7.11 Å². The van der Waals surface area contributed by atoms with E-state index in [9.17, 15) is 9.59 Å². The Bertz CT molecular complexity index is 500. The number of hydrogen-bond donors (Lipinski definition) is 2. The maximum absolute atomic E-state index is 12.0. The van der Waals surface area contributed by atoms with Gasteiger partial charge in [0, 0.05) is 12.0 Å². The molecule has 0 aromatic heterocycles. The second kappa shape index (κ2) is 8.14. The number of hydrazine groups is 1. The quantitative estimate of drug-likeness (QED) is 0.786. The summed E-state index contributed by atoms with van der Waals surface area (Å²) in [6.45, 7) is 6.23. The summed E-state index contributed by atoms with van der Waals surface area (Å²) >= 11 is 0. The van der Waals surface area contributed by atoms with Crippen LogP contribution in [-0.4, -0.2) is 25.5 Å². The molecule has 0 spiro atoms. The number of carbonyl (C=O) groups excluding carboxylic acids is 2. The standard InChI is InChI=1S/C15H22N2O4/c1-5-21-12-7-6-11(9-13(12)20-4)15(19)17-16-14(18)8-10(2)3/h6-7,9-10H,5,8H2,1-4H3,(H,16,18)(H,17,19). The molecule has 0 radical (unpaired) electrons. The minimum absolute atomic E-state index is 0.226. The van der Waals surface area contributed by atoms with Crippen LogP contribution in [0, 0.1) is 5.92 Å². The Labute approximate surface area is 124 Å². The lowest BCUT2D eigenvalue weighted by molar-refractivity contribution is -0.122. The third kappa shape index (κ3) is 5.33. The summed E-state index contributed by atoms with van der Waals surface area (Å²) in [5, 5.41) is 0. The van der Waals surface area contributed by atoms with Gasteiger partial charge >= 0.3 is 0 Å². The first-order valence-corrected chi connectivity index (χ1v) is 6.88. The van der Waals surface area contributed by atoms with Crippen molar-refractivity contribution >= 4 is 11.8 Å². The summed E-state index contributed by atoms with van der Waals surface area (Å²) in [4.78, 5) is 23.4. The molecular weight excluding hydrogens is 272 g/mol. The molecule has 1 rings (SSSR count). The molecule has 0 fully saturated rings. The predicted molar refractivity (Wildman–Crippen MR) is 79.2 cm³/mol. The van der Waals surface area contributed by atoms with Gasteiger partial charge in [0.15, 0.2) is 11.5 Å². The van der Waals surface area contributed by atoms with Crippen molar-refractivity contribution in [3.8, 4) is 11.5 Å². The molecule has 0 heterocycles. The van der Waals surface area contributed by atoms with Crippen molar-refractivity contribution in [3.63, 3.8) is 0 Å². The third-order valence-electron chi connectivity index (χ3n) is 2.63. The Morgan fingerprint density at radius 2 is 1.90 bits per heavy atom. The van der Waals surface area contributed by atoms with Gasteiger partial charge in [-0.05, 0) is 31.0 Å². The van der Waals surface area contributed by atoms with Crippen LogP contribution in [0.2, 0.25) is 0 Å². The van der Waals surface area contributed by atoms with Crippen LogP contribution in [0.3, 0.4) is 0 Å². The van der Waals surface area contributed by atoms with E-state index in [1.54, 1.807) is 18.2 Å². The van der Waals surface area contributed by atoms with Crippen molar-refractivity contribution < 1.29 is 19.1 Å². The lowest BCUT2D eigenvalue weighted by Gasteiger charge is -2.12. The summed E-state index contributed by atoms with van der Waals surface area (Å²) in [7, 11) is 1.50. The Morgan fingerprint density at radius 1 is 1.19 bits per heavy atom. The van der Waals surface area contributed by atoms with Gasteiger partial charge in [0.2, 0.25) is 5.91 Å². The molecule has 6 heteroatoms. The summed E-state index contributed by atoms with van der Waals surface area (Å²) in [6, 6.07) is 4.83. The molecule has 21 heavy (non-hydrogen) atoms. The van der Waals surface area contributed by atoms with Gasteiger partial charge in [-0.1, -0.05) is 13.8 Å². The number of rotatable bonds is 6. The van der Waals surface area contributed by atoms with Crippen molar-refractivity contribution in [2.45, 2.75) is 27.2 Å².